The molecule has 86 valence electrons. The number of methoxy groups -OCH3 is 1. The average molecular weight is 220 g/mol. The molecule has 3 heteroatoms. The quantitative estimate of drug-likeness (QED) is 0.790. The van der Waals surface area contributed by atoms with Crippen molar-refractivity contribution in [3.05, 3.63) is 23.8 Å². The van der Waals surface area contributed by atoms with E-state index in [9.17, 15) is 5.11 Å². The molecule has 2 aliphatic rings. The van der Waals surface area contributed by atoms with E-state index in [-0.39, 0.29) is 5.60 Å². The van der Waals surface area contributed by atoms with E-state index in [1.165, 1.54) is 6.42 Å². The summed E-state index contributed by atoms with van der Waals surface area (Å²) in [5.41, 5.74) is 0.789. The van der Waals surface area contributed by atoms with Crippen LogP contribution in [0.2, 0.25) is 0 Å². The molecule has 1 heterocycles. The van der Waals surface area contributed by atoms with Crippen LogP contribution in [0.5, 0.6) is 11.5 Å². The van der Waals surface area contributed by atoms with Gasteiger partial charge in [0.1, 0.15) is 17.1 Å². The van der Waals surface area contributed by atoms with Crippen molar-refractivity contribution in [3.63, 3.8) is 0 Å². The first-order valence-corrected chi connectivity index (χ1v) is 5.77. The minimum absolute atomic E-state index is 0.0984. The fourth-order valence-corrected chi connectivity index (χ4v) is 2.62. The molecular formula is C13H16O3. The van der Waals surface area contributed by atoms with Crippen LogP contribution in [0.3, 0.4) is 0 Å². The molecule has 1 unspecified atom stereocenters. The second-order valence-electron chi connectivity index (χ2n) is 4.76. The largest absolute Gasteiger partial charge is 0.497 e. The Balaban J connectivity index is 1.98. The summed E-state index contributed by atoms with van der Waals surface area (Å²) in [5.74, 6) is 1.57. The third-order valence-corrected chi connectivity index (χ3v) is 3.74. The smallest absolute Gasteiger partial charge is 0.129 e. The Kier molecular flexibility index (Phi) is 2.11. The number of aliphatic hydroxyl groups is 1. The summed E-state index contributed by atoms with van der Waals surface area (Å²) in [6.45, 7) is 0. The SMILES string of the molecule is COc1ccc2c(c1)OC1(CCC1)CC2O. The molecule has 1 atom stereocenters. The molecule has 1 aliphatic heterocycles. The topological polar surface area (TPSA) is 38.7 Å². The van der Waals surface area contributed by atoms with Crippen LogP contribution in [0, 0.1) is 0 Å². The first-order chi connectivity index (χ1) is 7.72. The number of hydrogen-bond acceptors (Lipinski definition) is 3. The predicted octanol–water partition coefficient (Wildman–Crippen LogP) is 2.43. The van der Waals surface area contributed by atoms with Gasteiger partial charge < -0.3 is 14.6 Å². The van der Waals surface area contributed by atoms with Crippen molar-refractivity contribution < 1.29 is 14.6 Å². The van der Waals surface area contributed by atoms with Gasteiger partial charge in [-0.3, -0.25) is 0 Å². The lowest BCUT2D eigenvalue weighted by Crippen LogP contribution is -2.46. The fourth-order valence-electron chi connectivity index (χ4n) is 2.62. The third-order valence-electron chi connectivity index (χ3n) is 3.74. The Morgan fingerprint density at radius 2 is 2.25 bits per heavy atom. The van der Waals surface area contributed by atoms with Gasteiger partial charge >= 0.3 is 0 Å². The fraction of sp³-hybridized carbons (Fsp3) is 0.538. The molecule has 1 aromatic carbocycles. The Morgan fingerprint density at radius 3 is 2.88 bits per heavy atom. The molecule has 0 saturated heterocycles. The van der Waals surface area contributed by atoms with Gasteiger partial charge in [0, 0.05) is 18.1 Å². The summed E-state index contributed by atoms with van der Waals surface area (Å²) in [6, 6.07) is 5.63. The van der Waals surface area contributed by atoms with Crippen LogP contribution < -0.4 is 9.47 Å². The van der Waals surface area contributed by atoms with Crippen molar-refractivity contribution in [1.29, 1.82) is 0 Å². The van der Waals surface area contributed by atoms with Crippen molar-refractivity contribution in [2.24, 2.45) is 0 Å². The van der Waals surface area contributed by atoms with Gasteiger partial charge in [-0.25, -0.2) is 0 Å². The van der Waals surface area contributed by atoms with Crippen molar-refractivity contribution in [2.45, 2.75) is 37.4 Å². The average Bonchev–Trinajstić information content (AvgIpc) is 2.26. The zero-order chi connectivity index (χ0) is 11.2. The second-order valence-corrected chi connectivity index (χ2v) is 4.76. The van der Waals surface area contributed by atoms with Crippen LogP contribution in [0.4, 0.5) is 0 Å². The van der Waals surface area contributed by atoms with Crippen molar-refractivity contribution in [3.8, 4) is 11.5 Å². The Morgan fingerprint density at radius 1 is 1.44 bits per heavy atom. The maximum Gasteiger partial charge on any atom is 0.129 e. The van der Waals surface area contributed by atoms with Gasteiger partial charge in [-0.05, 0) is 31.4 Å². The highest BCUT2D eigenvalue weighted by atomic mass is 16.5. The highest BCUT2D eigenvalue weighted by molar-refractivity contribution is 5.44. The van der Waals surface area contributed by atoms with Gasteiger partial charge in [-0.2, -0.15) is 0 Å². The van der Waals surface area contributed by atoms with Gasteiger partial charge in [0.15, 0.2) is 0 Å². The molecule has 1 aromatic rings. The minimum atomic E-state index is -0.394. The summed E-state index contributed by atoms with van der Waals surface area (Å²) in [5, 5.41) is 10.1. The zero-order valence-electron chi connectivity index (χ0n) is 9.40. The Hall–Kier alpha value is -1.22. The minimum Gasteiger partial charge on any atom is -0.497 e. The summed E-state index contributed by atoms with van der Waals surface area (Å²) in [6.07, 6.45) is 3.65. The number of hydrogen-bond donors (Lipinski definition) is 1. The lowest BCUT2D eigenvalue weighted by Gasteiger charge is -2.46. The first-order valence-electron chi connectivity index (χ1n) is 5.77. The molecule has 3 nitrogen and oxygen atoms in total. The third kappa shape index (κ3) is 1.39. The molecule has 1 aliphatic carbocycles. The van der Waals surface area contributed by atoms with Gasteiger partial charge in [0.05, 0.1) is 13.2 Å². The van der Waals surface area contributed by atoms with Crippen LogP contribution in [0.1, 0.15) is 37.4 Å². The summed E-state index contributed by atoms with van der Waals surface area (Å²) in [7, 11) is 1.64. The van der Waals surface area contributed by atoms with Gasteiger partial charge in [-0.1, -0.05) is 0 Å². The van der Waals surface area contributed by atoms with E-state index in [0.717, 1.165) is 36.3 Å². The molecule has 3 rings (SSSR count). The number of benzene rings is 1. The van der Waals surface area contributed by atoms with Crippen LogP contribution in [-0.4, -0.2) is 17.8 Å². The lowest BCUT2D eigenvalue weighted by atomic mass is 9.73. The lowest BCUT2D eigenvalue weighted by molar-refractivity contribution is -0.0664. The molecular weight excluding hydrogens is 204 g/mol. The number of fused-ring (bicyclic) bond motifs is 1. The highest BCUT2D eigenvalue weighted by Crippen LogP contribution is 2.49. The molecule has 1 N–H and O–H groups in total. The summed E-state index contributed by atoms with van der Waals surface area (Å²) < 4.78 is 11.2. The molecule has 0 radical (unpaired) electrons. The monoisotopic (exact) mass is 220 g/mol. The molecule has 16 heavy (non-hydrogen) atoms. The molecule has 1 spiro atoms. The first kappa shape index (κ1) is 9.97. The van der Waals surface area contributed by atoms with Crippen LogP contribution in [0.25, 0.3) is 0 Å². The van der Waals surface area contributed by atoms with E-state index in [0.29, 0.717) is 0 Å². The van der Waals surface area contributed by atoms with E-state index < -0.39 is 6.10 Å². The van der Waals surface area contributed by atoms with Crippen molar-refractivity contribution in [1.82, 2.24) is 0 Å². The van der Waals surface area contributed by atoms with Crippen LogP contribution in [0.15, 0.2) is 18.2 Å². The van der Waals surface area contributed by atoms with Crippen LogP contribution in [-0.2, 0) is 0 Å². The van der Waals surface area contributed by atoms with Gasteiger partial charge in [0.2, 0.25) is 0 Å². The number of ether oxygens (including phenoxy) is 2. The number of aliphatic hydroxyl groups excluding tert-OH is 1. The van der Waals surface area contributed by atoms with E-state index >= 15 is 0 Å². The standard InChI is InChI=1S/C13H16O3/c1-15-9-3-4-10-11(14)8-13(5-2-6-13)16-12(10)7-9/h3-4,7,11,14H,2,5-6,8H2,1H3. The molecule has 0 bridgehead atoms. The Labute approximate surface area is 95.0 Å². The van der Waals surface area contributed by atoms with Gasteiger partial charge in [-0.15, -0.1) is 0 Å². The van der Waals surface area contributed by atoms with E-state index in [1.54, 1.807) is 7.11 Å². The van der Waals surface area contributed by atoms with Crippen molar-refractivity contribution >= 4 is 0 Å². The normalized spacial score (nSPS) is 25.5. The molecule has 0 amide bonds. The second kappa shape index (κ2) is 3.39. The summed E-state index contributed by atoms with van der Waals surface area (Å²) >= 11 is 0. The Bertz CT molecular complexity index is 410. The van der Waals surface area contributed by atoms with E-state index in [1.807, 2.05) is 18.2 Å². The summed E-state index contributed by atoms with van der Waals surface area (Å²) in [4.78, 5) is 0. The zero-order valence-corrected chi connectivity index (χ0v) is 9.40. The molecule has 1 fully saturated rings. The van der Waals surface area contributed by atoms with Crippen LogP contribution >= 0.6 is 0 Å². The predicted molar refractivity (Wildman–Crippen MR) is 59.8 cm³/mol. The molecule has 1 saturated carbocycles. The molecule has 0 aromatic heterocycles. The number of rotatable bonds is 1. The highest BCUT2D eigenvalue weighted by Gasteiger charge is 2.45. The van der Waals surface area contributed by atoms with E-state index in [4.69, 9.17) is 9.47 Å². The van der Waals surface area contributed by atoms with E-state index in [2.05, 4.69) is 0 Å². The maximum atomic E-state index is 10.1. The van der Waals surface area contributed by atoms with Gasteiger partial charge in [0.25, 0.3) is 0 Å². The van der Waals surface area contributed by atoms with Crippen molar-refractivity contribution in [2.75, 3.05) is 7.11 Å². The maximum absolute atomic E-state index is 10.1.